The van der Waals surface area contributed by atoms with Crippen molar-refractivity contribution in [1.29, 1.82) is 0 Å². The second kappa shape index (κ2) is 12.0. The molecule has 4 rings (SSSR count). The van der Waals surface area contributed by atoms with Gasteiger partial charge >= 0.3 is 0 Å². The predicted molar refractivity (Wildman–Crippen MR) is 158 cm³/mol. The zero-order chi connectivity index (χ0) is 29.1. The molecular formula is C30H35ClN6O3. The van der Waals surface area contributed by atoms with Gasteiger partial charge in [0.2, 0.25) is 12.3 Å². The smallest absolute Gasteiger partial charge is 0.246 e. The van der Waals surface area contributed by atoms with Crippen LogP contribution in [0, 0.1) is 13.8 Å². The van der Waals surface area contributed by atoms with Crippen LogP contribution in [0.5, 0.6) is 0 Å². The number of pyridine rings is 1. The number of anilines is 2. The average Bonchev–Trinajstić information content (AvgIpc) is 3.28. The molecule has 210 valence electrons. The standard InChI is InChI=1S/C30H35ClN6O3/c1-8-26(39)35-13-14-36(19(4)16-35)29(32-7)23-15-24(31)28(27-20(5)34-40-21(27)6)33-30(23)37(17-38)25-12-10-9-11-22(25)18(2)3/h8-12,15,17-19H,1,13-14,16H2,2-7H3/b32-29+. The predicted octanol–water partition coefficient (Wildman–Crippen LogP) is 5.52. The van der Waals surface area contributed by atoms with Gasteiger partial charge in [0.25, 0.3) is 0 Å². The Morgan fingerprint density at radius 1 is 1.27 bits per heavy atom. The van der Waals surface area contributed by atoms with E-state index >= 15 is 0 Å². The molecule has 0 aliphatic carbocycles. The number of piperazine rings is 1. The molecule has 10 heteroatoms. The number of nitrogens with zero attached hydrogens (tertiary/aromatic N) is 6. The lowest BCUT2D eigenvalue weighted by molar-refractivity contribution is -0.128. The molecule has 1 aromatic carbocycles. The van der Waals surface area contributed by atoms with E-state index < -0.39 is 0 Å². The highest BCUT2D eigenvalue weighted by Crippen LogP contribution is 2.39. The summed E-state index contributed by atoms with van der Waals surface area (Å²) in [7, 11) is 1.70. The molecule has 3 aromatic rings. The lowest BCUT2D eigenvalue weighted by Crippen LogP contribution is -2.55. The molecule has 0 N–H and O–H groups in total. The van der Waals surface area contributed by atoms with Gasteiger partial charge in [-0.05, 0) is 50.5 Å². The van der Waals surface area contributed by atoms with Crippen LogP contribution in [0.1, 0.15) is 49.3 Å². The summed E-state index contributed by atoms with van der Waals surface area (Å²) in [6.07, 6.45) is 2.11. The minimum atomic E-state index is -0.104. The number of amidine groups is 1. The van der Waals surface area contributed by atoms with Crippen molar-refractivity contribution >= 4 is 41.3 Å². The lowest BCUT2D eigenvalue weighted by Gasteiger charge is -2.41. The summed E-state index contributed by atoms with van der Waals surface area (Å²) in [6.45, 7) is 15.0. The first kappa shape index (κ1) is 29.0. The molecule has 1 atom stereocenters. The van der Waals surface area contributed by atoms with Gasteiger partial charge in [-0.2, -0.15) is 0 Å². The topological polar surface area (TPSA) is 95.1 Å². The maximum atomic E-state index is 12.9. The summed E-state index contributed by atoms with van der Waals surface area (Å²) in [4.78, 5) is 40.3. The third-order valence-corrected chi connectivity index (χ3v) is 7.50. The molecule has 0 spiro atoms. The maximum Gasteiger partial charge on any atom is 0.246 e. The summed E-state index contributed by atoms with van der Waals surface area (Å²) < 4.78 is 5.41. The number of amides is 2. The van der Waals surface area contributed by atoms with Gasteiger partial charge in [-0.15, -0.1) is 0 Å². The van der Waals surface area contributed by atoms with Crippen LogP contribution in [-0.4, -0.2) is 70.8 Å². The Morgan fingerprint density at radius 3 is 2.58 bits per heavy atom. The molecule has 2 aromatic heterocycles. The second-order valence-electron chi connectivity index (χ2n) is 10.2. The van der Waals surface area contributed by atoms with E-state index in [0.717, 1.165) is 17.7 Å². The SMILES string of the molecule is C=CC(=O)N1CCN(/C(=N/C)c2cc(Cl)c(-c3c(C)noc3C)nc2N(C=O)c2ccccc2C(C)C)C(C)C1. The average molecular weight is 563 g/mol. The van der Waals surface area contributed by atoms with Crippen molar-refractivity contribution in [1.82, 2.24) is 19.9 Å². The summed E-state index contributed by atoms with van der Waals surface area (Å²) in [5.74, 6) is 1.65. The van der Waals surface area contributed by atoms with Crippen LogP contribution < -0.4 is 4.90 Å². The quantitative estimate of drug-likeness (QED) is 0.163. The molecule has 40 heavy (non-hydrogen) atoms. The number of hydrogen-bond acceptors (Lipinski definition) is 6. The van der Waals surface area contributed by atoms with E-state index in [2.05, 4.69) is 35.5 Å². The molecule has 1 fully saturated rings. The first-order valence-electron chi connectivity index (χ1n) is 13.2. The molecule has 1 unspecified atom stereocenters. The van der Waals surface area contributed by atoms with Crippen molar-refractivity contribution < 1.29 is 14.1 Å². The van der Waals surface area contributed by atoms with Crippen molar-refractivity contribution in [3.8, 4) is 11.3 Å². The van der Waals surface area contributed by atoms with Crippen molar-refractivity contribution in [3.05, 3.63) is 70.6 Å². The number of carbonyl (C=O) groups excluding carboxylic acids is 2. The van der Waals surface area contributed by atoms with Gasteiger partial charge in [0.1, 0.15) is 11.6 Å². The normalized spacial score (nSPS) is 15.9. The minimum Gasteiger partial charge on any atom is -0.361 e. The Balaban J connectivity index is 1.93. The highest BCUT2D eigenvalue weighted by atomic mass is 35.5. The Morgan fingerprint density at radius 2 is 2.00 bits per heavy atom. The van der Waals surface area contributed by atoms with Gasteiger partial charge in [-0.3, -0.25) is 19.5 Å². The summed E-state index contributed by atoms with van der Waals surface area (Å²) in [6, 6.07) is 9.51. The van der Waals surface area contributed by atoms with Gasteiger partial charge < -0.3 is 14.3 Å². The number of aromatic nitrogens is 2. The fraction of sp³-hybridized carbons (Fsp3) is 0.367. The van der Waals surface area contributed by atoms with Gasteiger partial charge in [0.05, 0.1) is 33.2 Å². The van der Waals surface area contributed by atoms with Crippen LogP contribution >= 0.6 is 11.6 Å². The summed E-state index contributed by atoms with van der Waals surface area (Å²) >= 11 is 6.90. The summed E-state index contributed by atoms with van der Waals surface area (Å²) in [5, 5.41) is 4.46. The molecule has 0 saturated carbocycles. The van der Waals surface area contributed by atoms with Gasteiger partial charge in [-0.25, -0.2) is 4.98 Å². The zero-order valence-electron chi connectivity index (χ0n) is 23.8. The Labute approximate surface area is 240 Å². The highest BCUT2D eigenvalue weighted by molar-refractivity contribution is 6.33. The third-order valence-electron chi connectivity index (χ3n) is 7.22. The molecule has 9 nitrogen and oxygen atoms in total. The van der Waals surface area contributed by atoms with E-state index in [1.54, 1.807) is 29.8 Å². The van der Waals surface area contributed by atoms with Crippen LogP contribution in [0.2, 0.25) is 5.02 Å². The van der Waals surface area contributed by atoms with Crippen molar-refractivity contribution in [2.75, 3.05) is 31.6 Å². The van der Waals surface area contributed by atoms with Gasteiger partial charge in [-0.1, -0.05) is 55.4 Å². The van der Waals surface area contributed by atoms with E-state index in [0.29, 0.717) is 64.6 Å². The minimum absolute atomic E-state index is 0.0575. The van der Waals surface area contributed by atoms with Gasteiger partial charge in [0, 0.05) is 32.7 Å². The Hall–Kier alpha value is -3.98. The fourth-order valence-electron chi connectivity index (χ4n) is 5.24. The Kier molecular flexibility index (Phi) is 8.73. The zero-order valence-corrected chi connectivity index (χ0v) is 24.6. The van der Waals surface area contributed by atoms with E-state index in [4.69, 9.17) is 21.1 Å². The van der Waals surface area contributed by atoms with Crippen LogP contribution in [0.15, 0.2) is 52.5 Å². The number of hydrogen-bond donors (Lipinski definition) is 0. The molecule has 1 aliphatic heterocycles. The van der Waals surface area contributed by atoms with E-state index in [1.807, 2.05) is 38.1 Å². The number of benzene rings is 1. The maximum absolute atomic E-state index is 12.9. The molecule has 0 radical (unpaired) electrons. The molecule has 1 saturated heterocycles. The third kappa shape index (κ3) is 5.38. The number of halogens is 1. The molecular weight excluding hydrogens is 528 g/mol. The van der Waals surface area contributed by atoms with Crippen LogP contribution in [0.4, 0.5) is 11.5 Å². The van der Waals surface area contributed by atoms with E-state index in [-0.39, 0.29) is 17.9 Å². The van der Waals surface area contributed by atoms with E-state index in [1.165, 1.54) is 6.08 Å². The lowest BCUT2D eigenvalue weighted by atomic mass is 10.00. The molecule has 0 bridgehead atoms. The highest BCUT2D eigenvalue weighted by Gasteiger charge is 2.32. The van der Waals surface area contributed by atoms with Crippen LogP contribution in [0.3, 0.4) is 0 Å². The monoisotopic (exact) mass is 562 g/mol. The number of aryl methyl sites for hydroxylation is 2. The first-order chi connectivity index (χ1) is 19.1. The van der Waals surface area contributed by atoms with Crippen LogP contribution in [0.25, 0.3) is 11.3 Å². The molecule has 2 amide bonds. The number of rotatable bonds is 7. The largest absolute Gasteiger partial charge is 0.361 e. The number of para-hydroxylation sites is 1. The second-order valence-corrected chi connectivity index (χ2v) is 10.6. The first-order valence-corrected chi connectivity index (χ1v) is 13.6. The fourth-order valence-corrected chi connectivity index (χ4v) is 5.49. The molecule has 3 heterocycles. The van der Waals surface area contributed by atoms with Crippen molar-refractivity contribution in [2.24, 2.45) is 4.99 Å². The summed E-state index contributed by atoms with van der Waals surface area (Å²) in [5.41, 5.74) is 4.11. The van der Waals surface area contributed by atoms with Gasteiger partial charge in [0.15, 0.2) is 5.82 Å². The van der Waals surface area contributed by atoms with E-state index in [9.17, 15) is 9.59 Å². The van der Waals surface area contributed by atoms with Crippen molar-refractivity contribution in [2.45, 2.75) is 46.6 Å². The Bertz CT molecular complexity index is 1440. The van der Waals surface area contributed by atoms with Crippen molar-refractivity contribution in [3.63, 3.8) is 0 Å². The molecule has 1 aliphatic rings. The number of aliphatic imine (C=N–C) groups is 1. The number of carbonyl (C=O) groups is 2. The van der Waals surface area contributed by atoms with Crippen LogP contribution in [-0.2, 0) is 9.59 Å².